The van der Waals surface area contributed by atoms with Crippen molar-refractivity contribution in [3.8, 4) is 5.75 Å². The molecule has 1 amide bonds. The molecule has 1 aliphatic heterocycles. The molecular formula is C30H28FNO5S. The van der Waals surface area contributed by atoms with Crippen LogP contribution in [0.4, 0.5) is 10.1 Å². The summed E-state index contributed by atoms with van der Waals surface area (Å²) >= 11 is 1.46. The van der Waals surface area contributed by atoms with Crippen molar-refractivity contribution in [2.24, 2.45) is 5.92 Å². The minimum atomic E-state index is -1.01. The summed E-state index contributed by atoms with van der Waals surface area (Å²) in [5, 5.41) is 1.90. The first-order valence-corrected chi connectivity index (χ1v) is 13.6. The number of hydrogen-bond acceptors (Lipinski definition) is 6. The van der Waals surface area contributed by atoms with Gasteiger partial charge in [-0.25, -0.2) is 4.39 Å². The Kier molecular flexibility index (Phi) is 7.42. The summed E-state index contributed by atoms with van der Waals surface area (Å²) in [6.45, 7) is 4.30. The molecule has 1 aliphatic carbocycles. The van der Waals surface area contributed by atoms with Crippen LogP contribution in [0.15, 0.2) is 77.3 Å². The quantitative estimate of drug-likeness (QED) is 0.275. The number of allylic oxidation sites excluding steroid dienone is 2. The SMILES string of the molecule is CCOC(=O)[C@H]1C(=O)C2=C(C[C@H]1c1cccs1)N(c1ccc(F)cc1)C(=O)C[C@@H]2c1ccc(OCC)cc1. The molecule has 0 radical (unpaired) electrons. The van der Waals surface area contributed by atoms with Gasteiger partial charge in [0.15, 0.2) is 5.78 Å². The summed E-state index contributed by atoms with van der Waals surface area (Å²) in [4.78, 5) is 43.6. The van der Waals surface area contributed by atoms with Gasteiger partial charge >= 0.3 is 5.97 Å². The Balaban J connectivity index is 1.68. The van der Waals surface area contributed by atoms with Crippen LogP contribution in [0.1, 0.15) is 49.0 Å². The first kappa shape index (κ1) is 25.9. The van der Waals surface area contributed by atoms with E-state index < -0.39 is 29.5 Å². The van der Waals surface area contributed by atoms with E-state index in [9.17, 15) is 18.8 Å². The van der Waals surface area contributed by atoms with Gasteiger partial charge in [-0.2, -0.15) is 0 Å². The Morgan fingerprint density at radius 2 is 1.74 bits per heavy atom. The molecule has 2 aliphatic rings. The molecule has 196 valence electrons. The molecule has 1 aromatic heterocycles. The lowest BCUT2D eigenvalue weighted by molar-refractivity contribution is -0.152. The van der Waals surface area contributed by atoms with Crippen LogP contribution in [0.3, 0.4) is 0 Å². The molecule has 2 heterocycles. The smallest absolute Gasteiger partial charge is 0.317 e. The maximum atomic E-state index is 14.3. The van der Waals surface area contributed by atoms with Crippen molar-refractivity contribution < 1.29 is 28.2 Å². The van der Waals surface area contributed by atoms with Crippen molar-refractivity contribution in [1.82, 2.24) is 0 Å². The molecule has 3 aromatic rings. The standard InChI is InChI=1S/C30H28FNO5S/c1-3-36-21-13-7-18(8-14-21)22-17-26(33)32(20-11-9-19(31)10-12-20)24-16-23(25-6-5-15-38-25)28(29(34)27(22)24)30(35)37-4-2/h5-15,22-23,28H,3-4,16-17H2,1-2H3/t22-,23+,28-/m1/s1. The van der Waals surface area contributed by atoms with Crippen LogP contribution in [-0.4, -0.2) is 30.9 Å². The largest absolute Gasteiger partial charge is 0.494 e. The van der Waals surface area contributed by atoms with Crippen molar-refractivity contribution in [3.05, 3.63) is 93.6 Å². The Morgan fingerprint density at radius 3 is 2.37 bits per heavy atom. The Hall–Kier alpha value is -3.78. The fraction of sp³-hybridized carbons (Fsp3) is 0.300. The molecule has 38 heavy (non-hydrogen) atoms. The van der Waals surface area contributed by atoms with E-state index in [0.29, 0.717) is 35.7 Å². The molecule has 0 unspecified atom stereocenters. The van der Waals surface area contributed by atoms with Gasteiger partial charge in [0.25, 0.3) is 0 Å². The van der Waals surface area contributed by atoms with Gasteiger partial charge in [-0.15, -0.1) is 11.3 Å². The number of amides is 1. The number of esters is 1. The predicted molar refractivity (Wildman–Crippen MR) is 143 cm³/mol. The number of carbonyl (C=O) groups is 3. The van der Waals surface area contributed by atoms with Crippen LogP contribution in [0.25, 0.3) is 0 Å². The van der Waals surface area contributed by atoms with E-state index in [1.807, 2.05) is 48.7 Å². The van der Waals surface area contributed by atoms with Gasteiger partial charge < -0.3 is 9.47 Å². The lowest BCUT2D eigenvalue weighted by Crippen LogP contribution is -2.46. The Labute approximate surface area is 224 Å². The number of Topliss-reactive ketones (excluding diaryl/α,β-unsaturated/α-hetero) is 1. The van der Waals surface area contributed by atoms with Gasteiger partial charge in [0.2, 0.25) is 5.91 Å². The van der Waals surface area contributed by atoms with E-state index in [4.69, 9.17) is 9.47 Å². The van der Waals surface area contributed by atoms with Crippen LogP contribution in [0, 0.1) is 11.7 Å². The van der Waals surface area contributed by atoms with Gasteiger partial charge in [0.1, 0.15) is 17.5 Å². The van der Waals surface area contributed by atoms with Gasteiger partial charge in [0.05, 0.1) is 13.2 Å². The number of thiophene rings is 1. The highest BCUT2D eigenvalue weighted by Gasteiger charge is 2.50. The maximum Gasteiger partial charge on any atom is 0.317 e. The third-order valence-electron chi connectivity index (χ3n) is 7.05. The molecule has 3 atom stereocenters. The summed E-state index contributed by atoms with van der Waals surface area (Å²) in [7, 11) is 0. The van der Waals surface area contributed by atoms with Gasteiger partial charge in [-0.3, -0.25) is 19.3 Å². The lowest BCUT2D eigenvalue weighted by Gasteiger charge is -2.42. The number of hydrogen-bond donors (Lipinski definition) is 0. The van der Waals surface area contributed by atoms with Crippen LogP contribution < -0.4 is 9.64 Å². The second-order valence-corrected chi connectivity index (χ2v) is 10.2. The number of ketones is 1. The van der Waals surface area contributed by atoms with Crippen LogP contribution in [-0.2, 0) is 19.1 Å². The van der Waals surface area contributed by atoms with Gasteiger partial charge in [-0.1, -0.05) is 18.2 Å². The van der Waals surface area contributed by atoms with Crippen molar-refractivity contribution >= 4 is 34.7 Å². The molecule has 5 rings (SSSR count). The number of anilines is 1. The number of benzene rings is 2. The molecule has 2 aromatic carbocycles. The van der Waals surface area contributed by atoms with Crippen LogP contribution >= 0.6 is 11.3 Å². The van der Waals surface area contributed by atoms with Gasteiger partial charge in [-0.05, 0) is 73.7 Å². The molecule has 6 nitrogen and oxygen atoms in total. The molecule has 8 heteroatoms. The van der Waals surface area contributed by atoms with Crippen LogP contribution in [0.5, 0.6) is 5.75 Å². The van der Waals surface area contributed by atoms with Gasteiger partial charge in [0, 0.05) is 40.1 Å². The summed E-state index contributed by atoms with van der Waals surface area (Å²) in [5.41, 5.74) is 2.26. The summed E-state index contributed by atoms with van der Waals surface area (Å²) in [5.74, 6) is -2.83. The van der Waals surface area contributed by atoms with E-state index in [1.165, 1.54) is 40.5 Å². The molecule has 0 fully saturated rings. The summed E-state index contributed by atoms with van der Waals surface area (Å²) in [6, 6.07) is 16.8. The van der Waals surface area contributed by atoms with Crippen molar-refractivity contribution in [2.75, 3.05) is 18.1 Å². The molecule has 0 saturated heterocycles. The Bertz CT molecular complexity index is 1360. The van der Waals surface area contributed by atoms with Crippen LogP contribution in [0.2, 0.25) is 0 Å². The van der Waals surface area contributed by atoms with E-state index >= 15 is 0 Å². The number of nitrogens with zero attached hydrogens (tertiary/aromatic N) is 1. The third-order valence-corrected chi connectivity index (χ3v) is 8.05. The first-order valence-electron chi connectivity index (χ1n) is 12.7. The average Bonchev–Trinajstić information content (AvgIpc) is 3.45. The molecule has 0 N–H and O–H groups in total. The van der Waals surface area contributed by atoms with Crippen molar-refractivity contribution in [2.45, 2.75) is 38.5 Å². The Morgan fingerprint density at radius 1 is 1.00 bits per heavy atom. The second-order valence-electron chi connectivity index (χ2n) is 9.24. The highest BCUT2D eigenvalue weighted by Crippen LogP contribution is 2.50. The third kappa shape index (κ3) is 4.76. The normalized spacial score (nSPS) is 21.3. The molecule has 0 saturated carbocycles. The van der Waals surface area contributed by atoms with E-state index in [2.05, 4.69) is 0 Å². The molecule has 0 bridgehead atoms. The first-order chi connectivity index (χ1) is 18.4. The minimum absolute atomic E-state index is 0.0369. The van der Waals surface area contributed by atoms with E-state index in [-0.39, 0.29) is 24.7 Å². The highest BCUT2D eigenvalue weighted by molar-refractivity contribution is 7.10. The van der Waals surface area contributed by atoms with E-state index in [0.717, 1.165) is 10.4 Å². The zero-order chi connectivity index (χ0) is 26.8. The number of carbonyl (C=O) groups excluding carboxylic acids is 3. The zero-order valence-electron chi connectivity index (χ0n) is 21.2. The van der Waals surface area contributed by atoms with Crippen molar-refractivity contribution in [3.63, 3.8) is 0 Å². The monoisotopic (exact) mass is 533 g/mol. The number of rotatable bonds is 7. The maximum absolute atomic E-state index is 14.3. The highest BCUT2D eigenvalue weighted by atomic mass is 32.1. The molecule has 0 spiro atoms. The van der Waals surface area contributed by atoms with E-state index in [1.54, 1.807) is 6.92 Å². The topological polar surface area (TPSA) is 72.9 Å². The van der Waals surface area contributed by atoms with Crippen molar-refractivity contribution in [1.29, 1.82) is 0 Å². The molecular weight excluding hydrogens is 505 g/mol. The lowest BCUT2D eigenvalue weighted by atomic mass is 9.69. The number of halogens is 1. The minimum Gasteiger partial charge on any atom is -0.494 e. The fourth-order valence-corrected chi connectivity index (χ4v) is 6.31. The zero-order valence-corrected chi connectivity index (χ0v) is 22.0. The summed E-state index contributed by atoms with van der Waals surface area (Å²) in [6.07, 6.45) is 0.330. The fourth-order valence-electron chi connectivity index (χ4n) is 5.44. The summed E-state index contributed by atoms with van der Waals surface area (Å²) < 4.78 is 24.7. The number of ether oxygens (including phenoxy) is 2. The predicted octanol–water partition coefficient (Wildman–Crippen LogP) is 6.00. The average molecular weight is 534 g/mol. The second kappa shape index (κ2) is 10.9.